The topological polar surface area (TPSA) is 34.9 Å². The van der Waals surface area contributed by atoms with Crippen LogP contribution in [-0.2, 0) is 6.54 Å². The van der Waals surface area contributed by atoms with Crippen LogP contribution in [0.3, 0.4) is 0 Å². The average molecular weight is 270 g/mol. The van der Waals surface area contributed by atoms with Gasteiger partial charge in [0.25, 0.3) is 6.43 Å². The van der Waals surface area contributed by atoms with Crippen molar-refractivity contribution in [1.82, 2.24) is 9.55 Å². The standard InChI is InChI=1S/C12H12F2N2OS/c1-7(18)11(17)9-5-16(6-10(13)14)12-8(9)3-2-4-15-12/h2-5,7,10,18H,6H2,1H3. The van der Waals surface area contributed by atoms with Crippen LogP contribution in [0.5, 0.6) is 0 Å². The van der Waals surface area contributed by atoms with Crippen molar-refractivity contribution in [3.05, 3.63) is 30.1 Å². The lowest BCUT2D eigenvalue weighted by Gasteiger charge is -2.02. The zero-order valence-corrected chi connectivity index (χ0v) is 10.6. The molecule has 2 heterocycles. The van der Waals surface area contributed by atoms with Gasteiger partial charge in [-0.15, -0.1) is 0 Å². The van der Waals surface area contributed by atoms with E-state index in [1.165, 1.54) is 17.0 Å². The van der Waals surface area contributed by atoms with E-state index in [0.29, 0.717) is 16.6 Å². The number of carbonyl (C=O) groups excluding carboxylic acids is 1. The Bertz CT molecular complexity index is 580. The molecule has 0 fully saturated rings. The van der Waals surface area contributed by atoms with Crippen LogP contribution in [0.25, 0.3) is 11.0 Å². The minimum atomic E-state index is -2.49. The van der Waals surface area contributed by atoms with E-state index in [2.05, 4.69) is 17.6 Å². The molecule has 0 saturated heterocycles. The van der Waals surface area contributed by atoms with Crippen LogP contribution in [0.2, 0.25) is 0 Å². The van der Waals surface area contributed by atoms with Crippen LogP contribution in [0.4, 0.5) is 8.78 Å². The van der Waals surface area contributed by atoms with Crippen LogP contribution in [0.15, 0.2) is 24.5 Å². The smallest absolute Gasteiger partial charge is 0.256 e. The number of hydrogen-bond donors (Lipinski definition) is 1. The summed E-state index contributed by atoms with van der Waals surface area (Å²) >= 11 is 4.08. The van der Waals surface area contributed by atoms with E-state index in [0.717, 1.165) is 0 Å². The van der Waals surface area contributed by atoms with Crippen LogP contribution in [-0.4, -0.2) is 27.0 Å². The lowest BCUT2D eigenvalue weighted by molar-refractivity contribution is 0.0994. The first kappa shape index (κ1) is 13.0. The van der Waals surface area contributed by atoms with Crippen molar-refractivity contribution in [2.75, 3.05) is 0 Å². The molecule has 0 aliphatic heterocycles. The molecule has 6 heteroatoms. The molecular formula is C12H12F2N2OS. The molecule has 0 spiro atoms. The fraction of sp³-hybridized carbons (Fsp3) is 0.333. The molecule has 96 valence electrons. The quantitative estimate of drug-likeness (QED) is 0.685. The molecule has 0 radical (unpaired) electrons. The number of hydrogen-bond acceptors (Lipinski definition) is 3. The number of fused-ring (bicyclic) bond motifs is 1. The maximum absolute atomic E-state index is 12.5. The highest BCUT2D eigenvalue weighted by molar-refractivity contribution is 7.81. The normalized spacial score (nSPS) is 13.2. The maximum Gasteiger partial charge on any atom is 0.256 e. The first-order chi connectivity index (χ1) is 8.50. The van der Waals surface area contributed by atoms with Gasteiger partial charge in [-0.3, -0.25) is 4.79 Å². The number of ketones is 1. The van der Waals surface area contributed by atoms with Gasteiger partial charge in [0, 0.05) is 23.3 Å². The number of rotatable bonds is 4. The van der Waals surface area contributed by atoms with Crippen molar-refractivity contribution < 1.29 is 13.6 Å². The predicted molar refractivity (Wildman–Crippen MR) is 68.5 cm³/mol. The molecule has 2 aromatic heterocycles. The van der Waals surface area contributed by atoms with Crippen LogP contribution >= 0.6 is 12.6 Å². The zero-order chi connectivity index (χ0) is 13.3. The fourth-order valence-corrected chi connectivity index (χ4v) is 1.97. The van der Waals surface area contributed by atoms with Crippen molar-refractivity contribution in [3.8, 4) is 0 Å². The summed E-state index contributed by atoms with van der Waals surface area (Å²) in [5.41, 5.74) is 0.788. The summed E-state index contributed by atoms with van der Waals surface area (Å²) in [5, 5.41) is 0.111. The predicted octanol–water partition coefficient (Wildman–Crippen LogP) is 2.80. The van der Waals surface area contributed by atoms with Crippen molar-refractivity contribution in [1.29, 1.82) is 0 Å². The van der Waals surface area contributed by atoms with E-state index in [1.54, 1.807) is 19.1 Å². The minimum Gasteiger partial charge on any atom is -0.326 e. The Kier molecular flexibility index (Phi) is 3.65. The number of thiol groups is 1. The molecule has 0 amide bonds. The summed E-state index contributed by atoms with van der Waals surface area (Å²) < 4.78 is 26.2. The SMILES string of the molecule is CC(S)C(=O)c1cn(CC(F)F)c2ncccc12. The van der Waals surface area contributed by atoms with Crippen molar-refractivity contribution in [2.24, 2.45) is 0 Å². The van der Waals surface area contributed by atoms with E-state index >= 15 is 0 Å². The van der Waals surface area contributed by atoms with Crippen LogP contribution < -0.4 is 0 Å². The average Bonchev–Trinajstić information content (AvgIpc) is 2.67. The van der Waals surface area contributed by atoms with Gasteiger partial charge in [0.15, 0.2) is 5.78 Å². The molecule has 2 rings (SSSR count). The van der Waals surface area contributed by atoms with Crippen molar-refractivity contribution in [2.45, 2.75) is 25.1 Å². The van der Waals surface area contributed by atoms with E-state index in [-0.39, 0.29) is 5.78 Å². The number of alkyl halides is 2. The summed E-state index contributed by atoms with van der Waals surface area (Å²) in [5.74, 6) is -0.190. The second-order valence-corrected chi connectivity index (χ2v) is 4.78. The molecule has 2 aromatic rings. The molecular weight excluding hydrogens is 258 g/mol. The Balaban J connectivity index is 2.57. The van der Waals surface area contributed by atoms with Gasteiger partial charge < -0.3 is 4.57 Å². The molecule has 3 nitrogen and oxygen atoms in total. The number of Topliss-reactive ketones (excluding diaryl/α,β-unsaturated/α-hetero) is 1. The van der Waals surface area contributed by atoms with Gasteiger partial charge in [-0.25, -0.2) is 13.8 Å². The third kappa shape index (κ3) is 2.38. The highest BCUT2D eigenvalue weighted by Crippen LogP contribution is 2.22. The Morgan fingerprint density at radius 2 is 2.28 bits per heavy atom. The molecule has 0 aromatic carbocycles. The van der Waals surface area contributed by atoms with Gasteiger partial charge in [0.2, 0.25) is 0 Å². The van der Waals surface area contributed by atoms with E-state index in [4.69, 9.17) is 0 Å². The number of pyridine rings is 1. The number of carbonyl (C=O) groups is 1. The van der Waals surface area contributed by atoms with Crippen molar-refractivity contribution in [3.63, 3.8) is 0 Å². The first-order valence-electron chi connectivity index (χ1n) is 5.45. The van der Waals surface area contributed by atoms with Gasteiger partial charge in [-0.1, -0.05) is 0 Å². The summed E-state index contributed by atoms with van der Waals surface area (Å²) in [6.45, 7) is 1.18. The Morgan fingerprint density at radius 1 is 1.56 bits per heavy atom. The Morgan fingerprint density at radius 3 is 2.89 bits per heavy atom. The highest BCUT2D eigenvalue weighted by atomic mass is 32.1. The molecule has 18 heavy (non-hydrogen) atoms. The van der Waals surface area contributed by atoms with Crippen LogP contribution in [0, 0.1) is 0 Å². The summed E-state index contributed by atoms with van der Waals surface area (Å²) in [4.78, 5) is 16.0. The second kappa shape index (κ2) is 5.06. The number of aromatic nitrogens is 2. The summed E-state index contributed by atoms with van der Waals surface area (Å²) in [7, 11) is 0. The first-order valence-corrected chi connectivity index (χ1v) is 5.96. The van der Waals surface area contributed by atoms with Gasteiger partial charge in [0.05, 0.1) is 11.8 Å². The van der Waals surface area contributed by atoms with Gasteiger partial charge in [-0.2, -0.15) is 12.6 Å². The lowest BCUT2D eigenvalue weighted by atomic mass is 10.1. The number of nitrogens with zero attached hydrogens (tertiary/aromatic N) is 2. The van der Waals surface area contributed by atoms with Gasteiger partial charge in [0.1, 0.15) is 5.65 Å². The molecule has 0 aliphatic carbocycles. The second-order valence-electron chi connectivity index (χ2n) is 4.00. The molecule has 0 saturated carbocycles. The molecule has 0 aliphatic rings. The van der Waals surface area contributed by atoms with Gasteiger partial charge in [-0.05, 0) is 19.1 Å². The molecule has 0 N–H and O–H groups in total. The minimum absolute atomic E-state index is 0.190. The molecule has 1 unspecified atom stereocenters. The third-order valence-electron chi connectivity index (χ3n) is 2.61. The van der Waals surface area contributed by atoms with Crippen molar-refractivity contribution >= 4 is 29.4 Å². The zero-order valence-electron chi connectivity index (χ0n) is 9.68. The third-order valence-corrected chi connectivity index (χ3v) is 2.85. The molecule has 1 atom stereocenters. The Labute approximate surface area is 108 Å². The van der Waals surface area contributed by atoms with Gasteiger partial charge >= 0.3 is 0 Å². The molecule has 0 bridgehead atoms. The van der Waals surface area contributed by atoms with Crippen LogP contribution in [0.1, 0.15) is 17.3 Å². The van der Waals surface area contributed by atoms with E-state index in [1.807, 2.05) is 0 Å². The lowest BCUT2D eigenvalue weighted by Crippen LogP contribution is -2.10. The summed E-state index contributed by atoms with van der Waals surface area (Å²) in [6, 6.07) is 3.38. The monoisotopic (exact) mass is 270 g/mol. The van der Waals surface area contributed by atoms with E-state index < -0.39 is 18.2 Å². The highest BCUT2D eigenvalue weighted by Gasteiger charge is 2.19. The largest absolute Gasteiger partial charge is 0.326 e. The maximum atomic E-state index is 12.5. The summed E-state index contributed by atoms with van der Waals surface area (Å²) in [6.07, 6.45) is 0.459. The Hall–Kier alpha value is -1.43. The number of halogens is 2. The van der Waals surface area contributed by atoms with E-state index in [9.17, 15) is 13.6 Å². The fourth-order valence-electron chi connectivity index (χ4n) is 1.83.